The number of carbonyl (C=O) groups excluding carboxylic acids is 1. The fraction of sp³-hybridized carbons (Fsp3) is 0.231. The van der Waals surface area contributed by atoms with E-state index >= 15 is 0 Å². The second-order valence-corrected chi connectivity index (χ2v) is 5.15. The number of thiazole rings is 1. The molecule has 88 valence electrons. The minimum atomic E-state index is -0.0591. The predicted octanol–water partition coefficient (Wildman–Crippen LogP) is 2.69. The normalized spacial score (nSPS) is 10.2. The van der Waals surface area contributed by atoms with Gasteiger partial charge >= 0.3 is 0 Å². The maximum Gasteiger partial charge on any atom is 0.263 e. The first-order chi connectivity index (χ1) is 8.15. The molecular formula is C13H14N2OS. The summed E-state index contributed by atoms with van der Waals surface area (Å²) in [6.07, 6.45) is 1.62. The number of aromatic nitrogens is 1. The second kappa shape index (κ2) is 5.10. The van der Waals surface area contributed by atoms with E-state index in [4.69, 9.17) is 0 Å². The quantitative estimate of drug-likeness (QED) is 0.904. The Morgan fingerprint density at radius 3 is 2.59 bits per heavy atom. The Labute approximate surface area is 105 Å². The van der Waals surface area contributed by atoms with Crippen LogP contribution in [0.15, 0.2) is 30.5 Å². The third-order valence-corrected chi connectivity index (χ3v) is 3.33. The highest BCUT2D eigenvalue weighted by Crippen LogP contribution is 2.11. The maximum atomic E-state index is 11.8. The van der Waals surface area contributed by atoms with Gasteiger partial charge in [0.1, 0.15) is 4.88 Å². The Morgan fingerprint density at radius 2 is 2.00 bits per heavy atom. The SMILES string of the molecule is Cc1ccc(CNC(=O)c2cnc(C)s2)cc1. The average molecular weight is 246 g/mol. The van der Waals surface area contributed by atoms with E-state index in [-0.39, 0.29) is 5.91 Å². The summed E-state index contributed by atoms with van der Waals surface area (Å²) in [5, 5.41) is 3.79. The molecule has 0 saturated heterocycles. The highest BCUT2D eigenvalue weighted by atomic mass is 32.1. The van der Waals surface area contributed by atoms with Crippen LogP contribution in [-0.2, 0) is 6.54 Å². The Morgan fingerprint density at radius 1 is 1.29 bits per heavy atom. The van der Waals surface area contributed by atoms with Crippen molar-refractivity contribution in [3.8, 4) is 0 Å². The summed E-state index contributed by atoms with van der Waals surface area (Å²) in [4.78, 5) is 16.5. The molecule has 2 aromatic rings. The molecule has 0 aliphatic heterocycles. The van der Waals surface area contributed by atoms with Gasteiger partial charge < -0.3 is 5.32 Å². The van der Waals surface area contributed by atoms with Crippen molar-refractivity contribution in [1.29, 1.82) is 0 Å². The molecule has 1 heterocycles. The van der Waals surface area contributed by atoms with Gasteiger partial charge in [0.2, 0.25) is 0 Å². The van der Waals surface area contributed by atoms with Gasteiger partial charge in [-0.1, -0.05) is 29.8 Å². The molecule has 4 heteroatoms. The highest BCUT2D eigenvalue weighted by Gasteiger charge is 2.08. The number of hydrogen-bond acceptors (Lipinski definition) is 3. The molecule has 3 nitrogen and oxygen atoms in total. The molecule has 1 amide bonds. The van der Waals surface area contributed by atoms with Crippen LogP contribution < -0.4 is 5.32 Å². The van der Waals surface area contributed by atoms with E-state index in [9.17, 15) is 4.79 Å². The van der Waals surface area contributed by atoms with Crippen molar-refractivity contribution >= 4 is 17.2 Å². The standard InChI is InChI=1S/C13H14N2OS/c1-9-3-5-11(6-4-9)7-15-13(16)12-8-14-10(2)17-12/h3-6,8H,7H2,1-2H3,(H,15,16). The van der Waals surface area contributed by atoms with Crippen molar-refractivity contribution in [2.75, 3.05) is 0 Å². The second-order valence-electron chi connectivity index (χ2n) is 3.91. The number of rotatable bonds is 3. The topological polar surface area (TPSA) is 42.0 Å². The van der Waals surface area contributed by atoms with Crippen LogP contribution in [0, 0.1) is 13.8 Å². The number of nitrogens with zero attached hydrogens (tertiary/aromatic N) is 1. The zero-order valence-electron chi connectivity index (χ0n) is 9.86. The van der Waals surface area contributed by atoms with E-state index in [1.54, 1.807) is 6.20 Å². The molecule has 1 N–H and O–H groups in total. The van der Waals surface area contributed by atoms with Crippen molar-refractivity contribution < 1.29 is 4.79 Å². The molecule has 1 aromatic carbocycles. The molecule has 0 saturated carbocycles. The number of benzene rings is 1. The molecule has 0 atom stereocenters. The third-order valence-electron chi connectivity index (χ3n) is 2.42. The van der Waals surface area contributed by atoms with Crippen LogP contribution in [0.1, 0.15) is 25.8 Å². The lowest BCUT2D eigenvalue weighted by atomic mass is 10.1. The molecule has 0 radical (unpaired) electrons. The Balaban J connectivity index is 1.94. The summed E-state index contributed by atoms with van der Waals surface area (Å²) in [6, 6.07) is 8.12. The lowest BCUT2D eigenvalue weighted by Gasteiger charge is -2.03. The average Bonchev–Trinajstić information content (AvgIpc) is 2.75. The first-order valence-electron chi connectivity index (χ1n) is 5.41. The van der Waals surface area contributed by atoms with E-state index < -0.39 is 0 Å². The van der Waals surface area contributed by atoms with Gasteiger partial charge in [0.15, 0.2) is 0 Å². The van der Waals surface area contributed by atoms with Gasteiger partial charge in [-0.15, -0.1) is 11.3 Å². The summed E-state index contributed by atoms with van der Waals surface area (Å²) in [5.74, 6) is -0.0591. The van der Waals surface area contributed by atoms with Crippen LogP contribution in [0.25, 0.3) is 0 Å². The van der Waals surface area contributed by atoms with Crippen molar-refractivity contribution in [1.82, 2.24) is 10.3 Å². The van der Waals surface area contributed by atoms with Gasteiger partial charge in [0.05, 0.1) is 11.2 Å². The molecule has 1 aromatic heterocycles. The summed E-state index contributed by atoms with van der Waals surface area (Å²) in [7, 11) is 0. The van der Waals surface area contributed by atoms with Gasteiger partial charge in [-0.2, -0.15) is 0 Å². The van der Waals surface area contributed by atoms with Crippen molar-refractivity contribution in [3.63, 3.8) is 0 Å². The third kappa shape index (κ3) is 3.14. The Kier molecular flexibility index (Phi) is 3.54. The highest BCUT2D eigenvalue weighted by molar-refractivity contribution is 7.13. The van der Waals surface area contributed by atoms with Crippen LogP contribution in [-0.4, -0.2) is 10.9 Å². The zero-order chi connectivity index (χ0) is 12.3. The largest absolute Gasteiger partial charge is 0.347 e. The lowest BCUT2D eigenvalue weighted by Crippen LogP contribution is -2.21. The van der Waals surface area contributed by atoms with Crippen LogP contribution in [0.3, 0.4) is 0 Å². The molecular weight excluding hydrogens is 232 g/mol. The number of nitrogens with one attached hydrogen (secondary N) is 1. The molecule has 0 aliphatic carbocycles. The molecule has 0 aliphatic rings. The molecule has 2 rings (SSSR count). The fourth-order valence-corrected chi connectivity index (χ4v) is 2.14. The summed E-state index contributed by atoms with van der Waals surface area (Å²) in [6.45, 7) is 4.49. The van der Waals surface area contributed by atoms with Gasteiger partial charge in [0, 0.05) is 6.54 Å². The van der Waals surface area contributed by atoms with Gasteiger partial charge in [-0.05, 0) is 19.4 Å². The van der Waals surface area contributed by atoms with E-state index in [1.807, 2.05) is 38.1 Å². The molecule has 17 heavy (non-hydrogen) atoms. The number of aryl methyl sites for hydroxylation is 2. The molecule has 0 unspecified atom stereocenters. The van der Waals surface area contributed by atoms with E-state index in [0.717, 1.165) is 10.6 Å². The van der Waals surface area contributed by atoms with Gasteiger partial charge in [-0.25, -0.2) is 4.98 Å². The first-order valence-corrected chi connectivity index (χ1v) is 6.23. The van der Waals surface area contributed by atoms with E-state index in [1.165, 1.54) is 16.9 Å². The van der Waals surface area contributed by atoms with E-state index in [0.29, 0.717) is 11.4 Å². The smallest absolute Gasteiger partial charge is 0.263 e. The van der Waals surface area contributed by atoms with Crippen LogP contribution in [0.4, 0.5) is 0 Å². The van der Waals surface area contributed by atoms with Crippen LogP contribution >= 0.6 is 11.3 Å². The first kappa shape index (κ1) is 11.8. The maximum absolute atomic E-state index is 11.8. The van der Waals surface area contributed by atoms with E-state index in [2.05, 4.69) is 10.3 Å². The van der Waals surface area contributed by atoms with Gasteiger partial charge in [-0.3, -0.25) is 4.79 Å². The Bertz CT molecular complexity index is 516. The van der Waals surface area contributed by atoms with Crippen molar-refractivity contribution in [2.45, 2.75) is 20.4 Å². The molecule has 0 spiro atoms. The molecule has 0 fully saturated rings. The predicted molar refractivity (Wildman–Crippen MR) is 69.2 cm³/mol. The van der Waals surface area contributed by atoms with Crippen LogP contribution in [0.5, 0.6) is 0 Å². The van der Waals surface area contributed by atoms with Gasteiger partial charge in [0.25, 0.3) is 5.91 Å². The number of carbonyl (C=O) groups is 1. The Hall–Kier alpha value is -1.68. The minimum absolute atomic E-state index is 0.0591. The zero-order valence-corrected chi connectivity index (χ0v) is 10.7. The van der Waals surface area contributed by atoms with Crippen molar-refractivity contribution in [2.24, 2.45) is 0 Å². The summed E-state index contributed by atoms with van der Waals surface area (Å²) >= 11 is 1.41. The monoisotopic (exact) mass is 246 g/mol. The molecule has 0 bridgehead atoms. The number of amides is 1. The fourth-order valence-electron chi connectivity index (χ4n) is 1.44. The number of hydrogen-bond donors (Lipinski definition) is 1. The summed E-state index contributed by atoms with van der Waals surface area (Å²) in [5.41, 5.74) is 2.32. The van der Waals surface area contributed by atoms with Crippen LogP contribution in [0.2, 0.25) is 0 Å². The summed E-state index contributed by atoms with van der Waals surface area (Å²) < 4.78 is 0. The van der Waals surface area contributed by atoms with Crippen molar-refractivity contribution in [3.05, 3.63) is 51.5 Å². The minimum Gasteiger partial charge on any atom is -0.347 e. The lowest BCUT2D eigenvalue weighted by molar-refractivity contribution is 0.0955.